The number of aromatic nitrogens is 2. The Morgan fingerprint density at radius 3 is 2.86 bits per heavy atom. The minimum absolute atomic E-state index is 0.00896. The van der Waals surface area contributed by atoms with Gasteiger partial charge in [-0.1, -0.05) is 25.1 Å². The molecule has 1 unspecified atom stereocenters. The van der Waals surface area contributed by atoms with Crippen molar-refractivity contribution in [1.82, 2.24) is 9.97 Å². The third-order valence-corrected chi connectivity index (χ3v) is 3.82. The molecule has 1 aliphatic heterocycles. The van der Waals surface area contributed by atoms with Gasteiger partial charge in [0, 0.05) is 18.7 Å². The van der Waals surface area contributed by atoms with Crippen molar-refractivity contribution in [1.29, 1.82) is 0 Å². The number of aliphatic hydroxyl groups is 1. The van der Waals surface area contributed by atoms with E-state index in [1.54, 1.807) is 0 Å². The van der Waals surface area contributed by atoms with Gasteiger partial charge in [-0.15, -0.1) is 0 Å². The summed E-state index contributed by atoms with van der Waals surface area (Å²) in [7, 11) is 0. The highest BCUT2D eigenvalue weighted by atomic mass is 16.3. The van der Waals surface area contributed by atoms with Crippen molar-refractivity contribution < 1.29 is 5.11 Å². The highest BCUT2D eigenvalue weighted by Gasteiger charge is 2.22. The number of nitrogens with zero attached hydrogens (tertiary/aromatic N) is 3. The van der Waals surface area contributed by atoms with E-state index < -0.39 is 0 Å². The summed E-state index contributed by atoms with van der Waals surface area (Å²) in [4.78, 5) is 11.2. The molecular formula is C16H20N4O. The van der Waals surface area contributed by atoms with E-state index in [0.29, 0.717) is 5.95 Å². The molecule has 1 aromatic carbocycles. The Morgan fingerprint density at radius 2 is 2.14 bits per heavy atom. The molecule has 5 nitrogen and oxygen atoms in total. The minimum atomic E-state index is 0.00896. The Kier molecular flexibility index (Phi) is 4.01. The maximum absolute atomic E-state index is 9.25. The molecule has 0 fully saturated rings. The molecule has 5 heteroatoms. The van der Waals surface area contributed by atoms with E-state index in [1.807, 2.05) is 31.3 Å². The summed E-state index contributed by atoms with van der Waals surface area (Å²) in [5.41, 5.74) is 3.30. The second-order valence-corrected chi connectivity index (χ2v) is 5.19. The van der Waals surface area contributed by atoms with Gasteiger partial charge in [-0.25, -0.2) is 9.97 Å². The Labute approximate surface area is 124 Å². The van der Waals surface area contributed by atoms with Crippen LogP contribution in [0.1, 0.15) is 19.0 Å². The number of hydrogen-bond acceptors (Lipinski definition) is 5. The Bertz CT molecular complexity index is 598. The lowest BCUT2D eigenvalue weighted by molar-refractivity contribution is 0.271. The first-order chi connectivity index (χ1) is 10.3. The van der Waals surface area contributed by atoms with Gasteiger partial charge in [0.2, 0.25) is 5.95 Å². The van der Waals surface area contributed by atoms with Crippen LogP contribution in [0.2, 0.25) is 0 Å². The molecule has 0 bridgehead atoms. The first-order valence-corrected chi connectivity index (χ1v) is 7.37. The molecule has 0 saturated carbocycles. The predicted octanol–water partition coefficient (Wildman–Crippen LogP) is 2.35. The monoisotopic (exact) mass is 284 g/mol. The van der Waals surface area contributed by atoms with Crippen LogP contribution < -0.4 is 10.2 Å². The van der Waals surface area contributed by atoms with E-state index in [-0.39, 0.29) is 12.6 Å². The van der Waals surface area contributed by atoms with Crippen LogP contribution in [0.4, 0.5) is 17.3 Å². The predicted molar refractivity (Wildman–Crippen MR) is 84.0 cm³/mol. The van der Waals surface area contributed by atoms with Crippen LogP contribution in [0, 0.1) is 0 Å². The van der Waals surface area contributed by atoms with Crippen LogP contribution in [0.15, 0.2) is 36.5 Å². The summed E-state index contributed by atoms with van der Waals surface area (Å²) in [6.07, 6.45) is 3.62. The van der Waals surface area contributed by atoms with E-state index in [9.17, 15) is 5.11 Å². The summed E-state index contributed by atoms with van der Waals surface area (Å²) in [5.74, 6) is 0.601. The van der Waals surface area contributed by atoms with Gasteiger partial charge in [0.1, 0.15) is 0 Å². The molecular weight excluding hydrogens is 264 g/mol. The van der Waals surface area contributed by atoms with Crippen LogP contribution in [-0.4, -0.2) is 34.3 Å². The lowest BCUT2D eigenvalue weighted by Gasteiger charge is -2.19. The van der Waals surface area contributed by atoms with Crippen LogP contribution in [-0.2, 0) is 6.42 Å². The van der Waals surface area contributed by atoms with Crippen LogP contribution >= 0.6 is 0 Å². The quantitative estimate of drug-likeness (QED) is 0.882. The number of anilines is 3. The topological polar surface area (TPSA) is 61.3 Å². The van der Waals surface area contributed by atoms with Gasteiger partial charge in [0.25, 0.3) is 0 Å². The van der Waals surface area contributed by atoms with Gasteiger partial charge < -0.3 is 15.3 Å². The number of para-hydroxylation sites is 1. The van der Waals surface area contributed by atoms with Crippen molar-refractivity contribution in [3.8, 4) is 0 Å². The normalized spacial score (nSPS) is 14.9. The van der Waals surface area contributed by atoms with Gasteiger partial charge in [0.15, 0.2) is 0 Å². The molecule has 1 aromatic heterocycles. The second kappa shape index (κ2) is 6.10. The molecule has 0 amide bonds. The maximum Gasteiger partial charge on any atom is 0.223 e. The molecule has 21 heavy (non-hydrogen) atoms. The summed E-state index contributed by atoms with van der Waals surface area (Å²) < 4.78 is 0. The first-order valence-electron chi connectivity index (χ1n) is 7.37. The number of hydrogen-bond donors (Lipinski definition) is 2. The molecule has 1 atom stereocenters. The van der Waals surface area contributed by atoms with Crippen molar-refractivity contribution in [2.24, 2.45) is 0 Å². The third-order valence-electron chi connectivity index (χ3n) is 3.82. The van der Waals surface area contributed by atoms with E-state index in [0.717, 1.165) is 30.8 Å². The van der Waals surface area contributed by atoms with Gasteiger partial charge in [-0.05, 0) is 18.6 Å². The zero-order chi connectivity index (χ0) is 14.7. The SMILES string of the molecule is CCC(CO)Nc1ncc2c(n1)CCN2c1ccccc1. The fraction of sp³-hybridized carbons (Fsp3) is 0.375. The fourth-order valence-corrected chi connectivity index (χ4v) is 2.56. The lowest BCUT2D eigenvalue weighted by Crippen LogP contribution is -2.24. The van der Waals surface area contributed by atoms with Gasteiger partial charge >= 0.3 is 0 Å². The summed E-state index contributed by atoms with van der Waals surface area (Å²) in [5, 5.41) is 12.4. The molecule has 2 N–H and O–H groups in total. The van der Waals surface area contributed by atoms with E-state index >= 15 is 0 Å². The average molecular weight is 284 g/mol. The molecule has 0 saturated heterocycles. The minimum Gasteiger partial charge on any atom is -0.394 e. The smallest absolute Gasteiger partial charge is 0.223 e. The number of benzene rings is 1. The number of nitrogens with one attached hydrogen (secondary N) is 1. The lowest BCUT2D eigenvalue weighted by atomic mass is 10.2. The van der Waals surface area contributed by atoms with Crippen molar-refractivity contribution >= 4 is 17.3 Å². The average Bonchev–Trinajstić information content (AvgIpc) is 2.96. The van der Waals surface area contributed by atoms with Gasteiger partial charge in [-0.2, -0.15) is 0 Å². The Hall–Kier alpha value is -2.14. The molecule has 1 aliphatic rings. The fourth-order valence-electron chi connectivity index (χ4n) is 2.56. The highest BCUT2D eigenvalue weighted by Crippen LogP contribution is 2.33. The largest absolute Gasteiger partial charge is 0.394 e. The van der Waals surface area contributed by atoms with Crippen LogP contribution in [0.25, 0.3) is 0 Å². The number of aliphatic hydroxyl groups excluding tert-OH is 1. The zero-order valence-corrected chi connectivity index (χ0v) is 12.2. The molecule has 0 spiro atoms. The van der Waals surface area contributed by atoms with Gasteiger partial charge in [-0.3, -0.25) is 0 Å². The van der Waals surface area contributed by atoms with E-state index in [1.165, 1.54) is 5.69 Å². The zero-order valence-electron chi connectivity index (χ0n) is 12.2. The Morgan fingerprint density at radius 1 is 1.33 bits per heavy atom. The Balaban J connectivity index is 1.82. The second-order valence-electron chi connectivity index (χ2n) is 5.19. The maximum atomic E-state index is 9.25. The number of rotatable bonds is 5. The van der Waals surface area contributed by atoms with Crippen LogP contribution in [0.5, 0.6) is 0 Å². The molecule has 2 aromatic rings. The van der Waals surface area contributed by atoms with E-state index in [4.69, 9.17) is 0 Å². The highest BCUT2D eigenvalue weighted by molar-refractivity contribution is 5.68. The molecule has 3 rings (SSSR count). The summed E-state index contributed by atoms with van der Waals surface area (Å²) in [6, 6.07) is 10.3. The first kappa shape index (κ1) is 13.8. The molecule has 2 heterocycles. The van der Waals surface area contributed by atoms with Gasteiger partial charge in [0.05, 0.1) is 30.2 Å². The molecule has 110 valence electrons. The summed E-state index contributed by atoms with van der Waals surface area (Å²) >= 11 is 0. The van der Waals surface area contributed by atoms with E-state index in [2.05, 4.69) is 32.3 Å². The molecule has 0 aliphatic carbocycles. The van der Waals surface area contributed by atoms with Crippen molar-refractivity contribution in [3.63, 3.8) is 0 Å². The molecule has 0 radical (unpaired) electrons. The van der Waals surface area contributed by atoms with Crippen molar-refractivity contribution in [3.05, 3.63) is 42.2 Å². The summed E-state index contributed by atoms with van der Waals surface area (Å²) in [6.45, 7) is 3.04. The van der Waals surface area contributed by atoms with Crippen LogP contribution in [0.3, 0.4) is 0 Å². The standard InChI is InChI=1S/C16H20N4O/c1-2-12(11-21)18-16-17-10-15-14(19-16)8-9-20(15)13-6-4-3-5-7-13/h3-7,10,12,21H,2,8-9,11H2,1H3,(H,17,18,19). The van der Waals surface area contributed by atoms with Crippen molar-refractivity contribution in [2.75, 3.05) is 23.4 Å². The van der Waals surface area contributed by atoms with Crippen molar-refractivity contribution in [2.45, 2.75) is 25.8 Å². The number of fused-ring (bicyclic) bond motifs is 1. The third kappa shape index (κ3) is 2.83.